The van der Waals surface area contributed by atoms with Crippen LogP contribution in [0.4, 0.5) is 33.3 Å². The number of benzene rings is 1. The van der Waals surface area contributed by atoms with Gasteiger partial charge in [0, 0.05) is 31.3 Å². The van der Waals surface area contributed by atoms with Gasteiger partial charge >= 0.3 is 6.18 Å². The second kappa shape index (κ2) is 11.5. The first-order valence-electron chi connectivity index (χ1n) is 12.0. The van der Waals surface area contributed by atoms with Crippen molar-refractivity contribution in [3.8, 4) is 0 Å². The maximum Gasteiger partial charge on any atom is 0.419 e. The van der Waals surface area contributed by atoms with Gasteiger partial charge in [-0.2, -0.15) is 13.2 Å². The van der Waals surface area contributed by atoms with E-state index < -0.39 is 24.7 Å². The van der Waals surface area contributed by atoms with Crippen LogP contribution in [0.2, 0.25) is 0 Å². The number of piperidine rings is 1. The number of ether oxygens (including phenoxy) is 1. The largest absolute Gasteiger partial charge is 0.419 e. The zero-order valence-electron chi connectivity index (χ0n) is 21.0. The summed E-state index contributed by atoms with van der Waals surface area (Å²) in [6, 6.07) is 4.36. The first-order valence-corrected chi connectivity index (χ1v) is 12.8. The van der Waals surface area contributed by atoms with Crippen molar-refractivity contribution in [3.05, 3.63) is 46.6 Å². The van der Waals surface area contributed by atoms with Gasteiger partial charge < -0.3 is 20.3 Å². The number of carbonyl (C=O) groups excluding carboxylic acids is 1. The molecule has 7 nitrogen and oxygen atoms in total. The Kier molecular flexibility index (Phi) is 8.48. The van der Waals surface area contributed by atoms with Crippen molar-refractivity contribution in [3.63, 3.8) is 0 Å². The molecule has 2 unspecified atom stereocenters. The maximum absolute atomic E-state index is 14.1. The monoisotopic (exact) mass is 557 g/mol. The number of anilines is 2. The van der Waals surface area contributed by atoms with E-state index in [-0.39, 0.29) is 34.2 Å². The fraction of sp³-hybridized carbons (Fsp3) is 0.480. The fourth-order valence-electron chi connectivity index (χ4n) is 4.73. The fourth-order valence-corrected chi connectivity index (χ4v) is 5.51. The molecule has 1 saturated heterocycles. The van der Waals surface area contributed by atoms with Crippen molar-refractivity contribution in [2.24, 2.45) is 5.92 Å². The van der Waals surface area contributed by atoms with Gasteiger partial charge in [-0.05, 0) is 50.6 Å². The van der Waals surface area contributed by atoms with Gasteiger partial charge in [0.25, 0.3) is 6.43 Å². The highest BCUT2D eigenvalue weighted by Gasteiger charge is 2.44. The van der Waals surface area contributed by atoms with Crippen LogP contribution in [0.15, 0.2) is 30.5 Å². The highest BCUT2D eigenvalue weighted by molar-refractivity contribution is 7.18. The number of amides is 1. The molecule has 0 aliphatic carbocycles. The zero-order chi connectivity index (χ0) is 27.6. The van der Waals surface area contributed by atoms with Crippen LogP contribution in [0.25, 0.3) is 10.3 Å². The summed E-state index contributed by atoms with van der Waals surface area (Å²) in [6.07, 6.45) is -7.35. The molecule has 206 valence electrons. The van der Waals surface area contributed by atoms with E-state index in [1.807, 2.05) is 0 Å². The number of methoxy groups -OCH3 is 1. The second-order valence-corrected chi connectivity index (χ2v) is 10.3. The number of halogens is 5. The molecule has 0 spiro atoms. The van der Waals surface area contributed by atoms with E-state index in [0.29, 0.717) is 41.5 Å². The number of hydrogen-bond acceptors (Lipinski definition) is 7. The smallest absolute Gasteiger partial charge is 0.367 e. The van der Waals surface area contributed by atoms with Gasteiger partial charge in [-0.1, -0.05) is 23.5 Å². The number of alkyl halides is 5. The number of pyridine rings is 1. The Morgan fingerprint density at radius 2 is 1.87 bits per heavy atom. The van der Waals surface area contributed by atoms with E-state index in [0.717, 1.165) is 23.3 Å². The molecule has 0 saturated carbocycles. The summed E-state index contributed by atoms with van der Waals surface area (Å²) in [6.45, 7) is 2.99. The van der Waals surface area contributed by atoms with E-state index >= 15 is 0 Å². The van der Waals surface area contributed by atoms with Crippen LogP contribution >= 0.6 is 11.3 Å². The van der Waals surface area contributed by atoms with Crippen molar-refractivity contribution in [2.45, 2.75) is 44.5 Å². The van der Waals surface area contributed by atoms with Crippen LogP contribution in [0.3, 0.4) is 0 Å². The van der Waals surface area contributed by atoms with Gasteiger partial charge in [-0.15, -0.1) is 0 Å². The molecule has 2 N–H and O–H groups in total. The molecule has 1 aliphatic rings. The van der Waals surface area contributed by atoms with Gasteiger partial charge in [0.1, 0.15) is 16.4 Å². The third-order valence-electron chi connectivity index (χ3n) is 6.59. The van der Waals surface area contributed by atoms with Crippen molar-refractivity contribution in [1.29, 1.82) is 0 Å². The number of thiazole rings is 1. The molecule has 1 aromatic carbocycles. The summed E-state index contributed by atoms with van der Waals surface area (Å²) < 4.78 is 74.6. The van der Waals surface area contributed by atoms with E-state index in [2.05, 4.69) is 20.6 Å². The van der Waals surface area contributed by atoms with Crippen LogP contribution in [-0.2, 0) is 9.53 Å². The zero-order valence-corrected chi connectivity index (χ0v) is 21.8. The Labute approximate surface area is 220 Å². The first kappa shape index (κ1) is 28.1. The highest BCUT2D eigenvalue weighted by Crippen LogP contribution is 2.43. The molecule has 3 heterocycles. The van der Waals surface area contributed by atoms with Crippen LogP contribution in [0.5, 0.6) is 0 Å². The van der Waals surface area contributed by atoms with E-state index in [1.54, 1.807) is 6.92 Å². The molecule has 2 atom stereocenters. The predicted molar refractivity (Wildman–Crippen MR) is 135 cm³/mol. The molecular weight excluding hydrogens is 529 g/mol. The summed E-state index contributed by atoms with van der Waals surface area (Å²) in [5.41, 5.74) is 0.457. The SMILES string of the molecule is COC(c1c(Nc2ccc(C(C(F)F)N(C)C(=O)C3CCNCC3)cc2)cnc2sc(C)nc12)C(F)(F)F. The van der Waals surface area contributed by atoms with Gasteiger partial charge in [0.05, 0.1) is 16.9 Å². The molecule has 1 fully saturated rings. The van der Waals surface area contributed by atoms with E-state index in [4.69, 9.17) is 4.74 Å². The van der Waals surface area contributed by atoms with Crippen LogP contribution in [-0.4, -0.2) is 60.6 Å². The maximum atomic E-state index is 14.1. The number of fused-ring (bicyclic) bond motifs is 1. The molecule has 13 heteroatoms. The van der Waals surface area contributed by atoms with Crippen molar-refractivity contribution in [2.75, 3.05) is 32.6 Å². The summed E-state index contributed by atoms with van der Waals surface area (Å²) in [7, 11) is 2.34. The highest BCUT2D eigenvalue weighted by atomic mass is 32.1. The molecular formula is C25H28F5N5O2S. The Bertz CT molecular complexity index is 1260. The Morgan fingerprint density at radius 1 is 1.21 bits per heavy atom. The average molecular weight is 558 g/mol. The Balaban J connectivity index is 1.62. The lowest BCUT2D eigenvalue weighted by Gasteiger charge is -2.32. The molecule has 0 radical (unpaired) electrons. The van der Waals surface area contributed by atoms with Gasteiger partial charge in [0.2, 0.25) is 5.91 Å². The third kappa shape index (κ3) is 5.89. The standard InChI is InChI=1S/C25H28F5N5O2S/c1-13-33-19-18(21(37-3)25(28,29)30)17(12-32-23(19)38-13)34-16-6-4-14(5-7-16)20(22(26)27)35(2)24(36)15-8-10-31-11-9-15/h4-7,12,15,20-22,31,34H,8-11H2,1-3H3. The molecule has 3 aromatic rings. The molecule has 0 bridgehead atoms. The lowest BCUT2D eigenvalue weighted by molar-refractivity contribution is -0.215. The molecule has 38 heavy (non-hydrogen) atoms. The number of nitrogens with zero attached hydrogens (tertiary/aromatic N) is 3. The first-order chi connectivity index (χ1) is 18.0. The van der Waals surface area contributed by atoms with Gasteiger partial charge in [-0.3, -0.25) is 4.79 Å². The van der Waals surface area contributed by atoms with Crippen LogP contribution in [0.1, 0.15) is 41.1 Å². The minimum atomic E-state index is -4.71. The predicted octanol–water partition coefficient (Wildman–Crippen LogP) is 5.76. The third-order valence-corrected chi connectivity index (χ3v) is 7.47. The topological polar surface area (TPSA) is 79.4 Å². The van der Waals surface area contributed by atoms with E-state index in [1.165, 1.54) is 37.5 Å². The van der Waals surface area contributed by atoms with Crippen LogP contribution in [0, 0.1) is 12.8 Å². The van der Waals surface area contributed by atoms with Gasteiger partial charge in [0.15, 0.2) is 6.10 Å². The number of aromatic nitrogens is 2. The van der Waals surface area contributed by atoms with Crippen molar-refractivity contribution in [1.82, 2.24) is 20.2 Å². The van der Waals surface area contributed by atoms with Crippen molar-refractivity contribution < 1.29 is 31.5 Å². The second-order valence-electron chi connectivity index (χ2n) is 9.13. The summed E-state index contributed by atoms with van der Waals surface area (Å²) >= 11 is 1.16. The van der Waals surface area contributed by atoms with Gasteiger partial charge in [-0.25, -0.2) is 18.7 Å². The number of rotatable bonds is 8. The average Bonchev–Trinajstić information content (AvgIpc) is 3.26. The number of aryl methyl sites for hydroxylation is 1. The Hall–Kier alpha value is -2.90. The molecule has 2 aromatic heterocycles. The van der Waals surface area contributed by atoms with Crippen molar-refractivity contribution >= 4 is 39.0 Å². The number of hydrogen-bond donors (Lipinski definition) is 2. The van der Waals surface area contributed by atoms with Crippen LogP contribution < -0.4 is 10.6 Å². The minimum absolute atomic E-state index is 0.0309. The lowest BCUT2D eigenvalue weighted by atomic mass is 9.95. The minimum Gasteiger partial charge on any atom is -0.367 e. The number of nitrogens with one attached hydrogen (secondary N) is 2. The summed E-state index contributed by atoms with van der Waals surface area (Å²) in [5.74, 6) is -0.652. The summed E-state index contributed by atoms with van der Waals surface area (Å²) in [5, 5.41) is 6.60. The van der Waals surface area contributed by atoms with E-state index in [9.17, 15) is 26.7 Å². The summed E-state index contributed by atoms with van der Waals surface area (Å²) in [4.78, 5) is 22.8. The quantitative estimate of drug-likeness (QED) is 0.343. The Morgan fingerprint density at radius 3 is 2.45 bits per heavy atom. The normalized spacial score (nSPS) is 16.6. The molecule has 1 amide bonds. The lowest BCUT2D eigenvalue weighted by Crippen LogP contribution is -2.42. The molecule has 4 rings (SSSR count). The molecule has 1 aliphatic heterocycles. The number of carbonyl (C=O) groups is 1.